The van der Waals surface area contributed by atoms with E-state index >= 15 is 0 Å². The van der Waals surface area contributed by atoms with Gasteiger partial charge in [-0.2, -0.15) is 0 Å². The van der Waals surface area contributed by atoms with Gasteiger partial charge in [0, 0.05) is 19.0 Å². The fourth-order valence-electron chi connectivity index (χ4n) is 1.36. The Morgan fingerprint density at radius 3 is 2.72 bits per heavy atom. The number of nitrogens with zero attached hydrogens (tertiary/aromatic N) is 4. The number of hydrogen-bond acceptors (Lipinski definition) is 7. The summed E-state index contributed by atoms with van der Waals surface area (Å²) < 4.78 is 0.913. The lowest BCUT2D eigenvalue weighted by atomic mass is 10.4. The van der Waals surface area contributed by atoms with Gasteiger partial charge in [-0.15, -0.1) is 10.2 Å². The van der Waals surface area contributed by atoms with Crippen LogP contribution in [0.5, 0.6) is 0 Å². The van der Waals surface area contributed by atoms with Crippen LogP contribution in [-0.2, 0) is 6.42 Å². The molecule has 7 heteroatoms. The third-order valence-electron chi connectivity index (χ3n) is 2.12. The maximum atomic E-state index is 4.49. The molecule has 5 nitrogen and oxygen atoms in total. The van der Waals surface area contributed by atoms with E-state index in [0.717, 1.165) is 39.0 Å². The molecule has 2 aromatic heterocycles. The Morgan fingerprint density at radius 2 is 2.11 bits per heavy atom. The summed E-state index contributed by atoms with van der Waals surface area (Å²) in [7, 11) is 0. The first kappa shape index (κ1) is 13.2. The number of aromatic nitrogens is 4. The highest BCUT2D eigenvalue weighted by Gasteiger charge is 2.08. The fraction of sp³-hybridized carbons (Fsp3) is 0.455. The van der Waals surface area contributed by atoms with Crippen LogP contribution >= 0.6 is 23.1 Å². The maximum absolute atomic E-state index is 4.49. The molecule has 0 radical (unpaired) electrons. The Bertz CT molecular complexity index is 526. The molecule has 0 spiro atoms. The van der Waals surface area contributed by atoms with Crippen molar-refractivity contribution in [2.75, 3.05) is 11.9 Å². The van der Waals surface area contributed by atoms with Crippen LogP contribution in [0.1, 0.15) is 24.7 Å². The van der Waals surface area contributed by atoms with E-state index in [1.165, 1.54) is 11.8 Å². The van der Waals surface area contributed by atoms with Crippen molar-refractivity contribution in [3.63, 3.8) is 0 Å². The molecular formula is C11H15N5S2. The average molecular weight is 281 g/mol. The molecule has 0 atom stereocenters. The van der Waals surface area contributed by atoms with Crippen LogP contribution in [0.4, 0.5) is 5.82 Å². The average Bonchev–Trinajstić information content (AvgIpc) is 2.75. The van der Waals surface area contributed by atoms with Crippen LogP contribution in [-0.4, -0.2) is 26.7 Å². The van der Waals surface area contributed by atoms with Crippen molar-refractivity contribution in [3.05, 3.63) is 16.9 Å². The first-order chi connectivity index (χ1) is 8.71. The van der Waals surface area contributed by atoms with Gasteiger partial charge in [-0.1, -0.05) is 18.3 Å². The van der Waals surface area contributed by atoms with Crippen molar-refractivity contribution in [2.24, 2.45) is 0 Å². The molecule has 2 aromatic rings. The number of rotatable bonds is 5. The van der Waals surface area contributed by atoms with Gasteiger partial charge in [0.25, 0.3) is 0 Å². The van der Waals surface area contributed by atoms with Gasteiger partial charge in [-0.25, -0.2) is 9.97 Å². The number of aryl methyl sites for hydroxylation is 2. The van der Waals surface area contributed by atoms with Crippen molar-refractivity contribution in [1.29, 1.82) is 0 Å². The Morgan fingerprint density at radius 1 is 1.28 bits per heavy atom. The summed E-state index contributed by atoms with van der Waals surface area (Å²) in [5, 5.41) is 13.2. The molecule has 0 fully saturated rings. The normalized spacial score (nSPS) is 10.6. The highest BCUT2D eigenvalue weighted by molar-refractivity contribution is 8.01. The van der Waals surface area contributed by atoms with Gasteiger partial charge in [0.15, 0.2) is 4.34 Å². The lowest BCUT2D eigenvalue weighted by Gasteiger charge is -2.06. The molecule has 2 rings (SSSR count). The zero-order valence-corrected chi connectivity index (χ0v) is 12.2. The van der Waals surface area contributed by atoms with Crippen LogP contribution in [0.25, 0.3) is 0 Å². The van der Waals surface area contributed by atoms with Crippen LogP contribution in [0.3, 0.4) is 0 Å². The topological polar surface area (TPSA) is 63.6 Å². The van der Waals surface area contributed by atoms with Crippen LogP contribution in [0.2, 0.25) is 0 Å². The van der Waals surface area contributed by atoms with Crippen molar-refractivity contribution in [1.82, 2.24) is 20.2 Å². The summed E-state index contributed by atoms with van der Waals surface area (Å²) in [6, 6.07) is 1.95. The molecule has 1 N–H and O–H groups in total. The van der Waals surface area contributed by atoms with Crippen LogP contribution in [0, 0.1) is 6.92 Å². The summed E-state index contributed by atoms with van der Waals surface area (Å²) in [6.45, 7) is 6.90. The SMILES string of the molecule is CCNc1cc(Sc2nnc(C)s2)nc(CC)n1. The number of hydrogen-bond donors (Lipinski definition) is 1. The van der Waals surface area contributed by atoms with E-state index in [4.69, 9.17) is 0 Å². The molecule has 2 heterocycles. The molecule has 0 aromatic carbocycles. The number of nitrogens with one attached hydrogen (secondary N) is 1. The van der Waals surface area contributed by atoms with Crippen molar-refractivity contribution in [3.8, 4) is 0 Å². The number of anilines is 1. The van der Waals surface area contributed by atoms with Gasteiger partial charge in [-0.3, -0.25) is 0 Å². The molecule has 0 aliphatic carbocycles. The Hall–Kier alpha value is -1.21. The second kappa shape index (κ2) is 6.10. The fourth-order valence-corrected chi connectivity index (χ4v) is 3.15. The monoisotopic (exact) mass is 281 g/mol. The molecule has 0 aliphatic rings. The zero-order valence-electron chi connectivity index (χ0n) is 10.6. The quantitative estimate of drug-likeness (QED) is 0.850. The third kappa shape index (κ3) is 3.39. The highest BCUT2D eigenvalue weighted by Crippen LogP contribution is 2.29. The zero-order chi connectivity index (χ0) is 13.0. The van der Waals surface area contributed by atoms with Crippen molar-refractivity contribution >= 4 is 28.9 Å². The Balaban J connectivity index is 2.23. The van der Waals surface area contributed by atoms with Gasteiger partial charge < -0.3 is 5.32 Å². The van der Waals surface area contributed by atoms with Crippen molar-refractivity contribution in [2.45, 2.75) is 36.6 Å². The van der Waals surface area contributed by atoms with Gasteiger partial charge >= 0.3 is 0 Å². The predicted molar refractivity (Wildman–Crippen MR) is 74.3 cm³/mol. The largest absolute Gasteiger partial charge is 0.370 e. The van der Waals surface area contributed by atoms with Crippen LogP contribution < -0.4 is 5.32 Å². The minimum atomic E-state index is 0.821. The van der Waals surface area contributed by atoms with Crippen LogP contribution in [0.15, 0.2) is 15.4 Å². The molecule has 0 bridgehead atoms. The lowest BCUT2D eigenvalue weighted by Crippen LogP contribution is -2.03. The molecule has 0 aliphatic heterocycles. The van der Waals surface area contributed by atoms with E-state index in [-0.39, 0.29) is 0 Å². The van der Waals surface area contributed by atoms with Gasteiger partial charge in [-0.05, 0) is 25.6 Å². The van der Waals surface area contributed by atoms with Crippen molar-refractivity contribution < 1.29 is 0 Å². The summed E-state index contributed by atoms with van der Waals surface area (Å²) in [5.41, 5.74) is 0. The molecular weight excluding hydrogens is 266 g/mol. The predicted octanol–water partition coefficient (Wildman–Crippen LogP) is 2.78. The second-order valence-corrected chi connectivity index (χ2v) is 6.03. The van der Waals surface area contributed by atoms with E-state index in [9.17, 15) is 0 Å². The summed E-state index contributed by atoms with van der Waals surface area (Å²) >= 11 is 3.11. The molecule has 18 heavy (non-hydrogen) atoms. The van der Waals surface area contributed by atoms with E-state index < -0.39 is 0 Å². The minimum Gasteiger partial charge on any atom is -0.370 e. The minimum absolute atomic E-state index is 0.821. The summed E-state index contributed by atoms with van der Waals surface area (Å²) in [5.74, 6) is 1.71. The summed E-state index contributed by atoms with van der Waals surface area (Å²) in [4.78, 5) is 8.91. The third-order valence-corrected chi connectivity index (χ3v) is 3.93. The Labute approximate surface area is 114 Å². The molecule has 0 amide bonds. The highest BCUT2D eigenvalue weighted by atomic mass is 32.2. The molecule has 0 saturated carbocycles. The van der Waals surface area contributed by atoms with Gasteiger partial charge in [0.2, 0.25) is 0 Å². The van der Waals surface area contributed by atoms with Gasteiger partial charge in [0.05, 0.1) is 0 Å². The lowest BCUT2D eigenvalue weighted by molar-refractivity contribution is 0.885. The second-order valence-electron chi connectivity index (χ2n) is 3.58. The molecule has 0 saturated heterocycles. The summed E-state index contributed by atoms with van der Waals surface area (Å²) in [6.07, 6.45) is 0.821. The van der Waals surface area contributed by atoms with E-state index in [1.807, 2.05) is 13.0 Å². The standard InChI is InChI=1S/C11H15N5S2/c1-4-8-13-9(12-5-2)6-10(14-8)18-11-16-15-7(3)17-11/h6H,4-5H2,1-3H3,(H,12,13,14). The van der Waals surface area contributed by atoms with E-state index in [2.05, 4.69) is 39.3 Å². The van der Waals surface area contributed by atoms with E-state index in [1.54, 1.807) is 11.3 Å². The molecule has 0 unspecified atom stereocenters. The smallest absolute Gasteiger partial charge is 0.180 e. The maximum Gasteiger partial charge on any atom is 0.180 e. The first-order valence-corrected chi connectivity index (χ1v) is 7.44. The van der Waals surface area contributed by atoms with Gasteiger partial charge in [0.1, 0.15) is 21.7 Å². The Kier molecular flexibility index (Phi) is 4.48. The first-order valence-electron chi connectivity index (χ1n) is 5.81. The molecule has 96 valence electrons. The van der Waals surface area contributed by atoms with E-state index in [0.29, 0.717) is 0 Å².